The number of H-pyrrole nitrogens is 1. The van der Waals surface area contributed by atoms with Crippen molar-refractivity contribution in [1.82, 2.24) is 14.4 Å². The van der Waals surface area contributed by atoms with Gasteiger partial charge in [0.25, 0.3) is 0 Å². The lowest BCUT2D eigenvalue weighted by Gasteiger charge is -2.04. The zero-order valence-electron chi connectivity index (χ0n) is 11.2. The Morgan fingerprint density at radius 2 is 2.18 bits per heavy atom. The van der Waals surface area contributed by atoms with Gasteiger partial charge >= 0.3 is 0 Å². The van der Waals surface area contributed by atoms with Gasteiger partial charge in [0.05, 0.1) is 5.75 Å². The van der Waals surface area contributed by atoms with Gasteiger partial charge in [0.2, 0.25) is 9.84 Å². The lowest BCUT2D eigenvalue weighted by atomic mass is 10.2. The lowest BCUT2D eigenvalue weighted by Crippen LogP contribution is -2.08. The topological polar surface area (TPSA) is 67.2 Å². The maximum atomic E-state index is 12.7. The number of nitrogens with zero attached hydrogens (tertiary/aromatic N) is 2. The number of imidazole rings is 1. The maximum Gasteiger partial charge on any atom is 0.201 e. The second-order valence-corrected chi connectivity index (χ2v) is 8.06. The van der Waals surface area contributed by atoms with Crippen molar-refractivity contribution in [1.29, 1.82) is 0 Å². The highest BCUT2D eigenvalue weighted by Crippen LogP contribution is 2.28. The van der Waals surface area contributed by atoms with Crippen LogP contribution in [-0.4, -0.2) is 22.8 Å². The van der Waals surface area contributed by atoms with Crippen LogP contribution in [0.3, 0.4) is 0 Å². The van der Waals surface area contributed by atoms with E-state index >= 15 is 0 Å². The number of aromatic amines is 1. The predicted octanol–water partition coefficient (Wildman–Crippen LogP) is 3.50. The van der Waals surface area contributed by atoms with Crippen LogP contribution in [0.25, 0.3) is 15.9 Å². The van der Waals surface area contributed by atoms with Gasteiger partial charge in [-0.3, -0.25) is 4.40 Å². The van der Waals surface area contributed by atoms with Crippen LogP contribution in [-0.2, 0) is 15.6 Å². The smallest absolute Gasteiger partial charge is 0.201 e. The van der Waals surface area contributed by atoms with Gasteiger partial charge in [-0.05, 0) is 29.1 Å². The first-order valence-corrected chi connectivity index (χ1v) is 9.35. The van der Waals surface area contributed by atoms with Crippen LogP contribution in [0, 0.1) is 0 Å². The molecule has 0 aliphatic carbocycles. The molecule has 4 rings (SSSR count). The molecule has 5 nitrogen and oxygen atoms in total. The summed E-state index contributed by atoms with van der Waals surface area (Å²) in [5, 5.41) is 2.84. The minimum atomic E-state index is -3.58. The number of rotatable bonds is 3. The lowest BCUT2D eigenvalue weighted by molar-refractivity contribution is 0.590. The minimum absolute atomic E-state index is 0.0228. The first-order valence-electron chi connectivity index (χ1n) is 6.44. The van der Waals surface area contributed by atoms with Crippen LogP contribution in [0.5, 0.6) is 0 Å². The quantitative estimate of drug-likeness (QED) is 0.614. The molecular weight excluding hydrogens is 342 g/mol. The van der Waals surface area contributed by atoms with E-state index in [0.717, 1.165) is 10.9 Å². The molecule has 1 N–H and O–H groups in total. The standard InChI is InChI=1S/C14H10ClN3O2S2/c15-12-13(18-5-6-21-14(18)17-12)22(19,20)8-9-1-2-11-10(7-9)3-4-16-11/h1-7,16H,8H2. The molecule has 0 fully saturated rings. The van der Waals surface area contributed by atoms with E-state index in [4.69, 9.17) is 11.6 Å². The summed E-state index contributed by atoms with van der Waals surface area (Å²) in [4.78, 5) is 7.74. The van der Waals surface area contributed by atoms with Gasteiger partial charge in [0, 0.05) is 23.3 Å². The monoisotopic (exact) mass is 351 g/mol. The Kier molecular flexibility index (Phi) is 3.04. The summed E-state index contributed by atoms with van der Waals surface area (Å²) in [5.74, 6) is -0.114. The molecule has 1 aromatic carbocycles. The molecule has 0 radical (unpaired) electrons. The molecule has 0 aliphatic rings. The molecule has 22 heavy (non-hydrogen) atoms. The van der Waals surface area contributed by atoms with Gasteiger partial charge in [-0.2, -0.15) is 0 Å². The molecule has 112 valence electrons. The number of fused-ring (bicyclic) bond motifs is 2. The van der Waals surface area contributed by atoms with E-state index in [1.807, 2.05) is 24.4 Å². The first kappa shape index (κ1) is 13.8. The number of nitrogens with one attached hydrogen (secondary N) is 1. The van der Waals surface area contributed by atoms with E-state index in [2.05, 4.69) is 9.97 Å². The van der Waals surface area contributed by atoms with Gasteiger partial charge in [0.1, 0.15) is 0 Å². The fourth-order valence-corrected chi connectivity index (χ4v) is 5.35. The molecule has 3 heterocycles. The van der Waals surface area contributed by atoms with Crippen LogP contribution in [0.15, 0.2) is 47.1 Å². The van der Waals surface area contributed by atoms with Crippen LogP contribution in [0.4, 0.5) is 0 Å². The van der Waals surface area contributed by atoms with Crippen molar-refractivity contribution in [3.05, 3.63) is 52.8 Å². The number of sulfone groups is 1. The van der Waals surface area contributed by atoms with Crippen LogP contribution < -0.4 is 0 Å². The molecule has 0 saturated carbocycles. The number of halogens is 1. The third-order valence-electron chi connectivity index (χ3n) is 3.45. The van der Waals surface area contributed by atoms with Crippen molar-refractivity contribution in [3.63, 3.8) is 0 Å². The van der Waals surface area contributed by atoms with Gasteiger partial charge < -0.3 is 4.98 Å². The highest BCUT2D eigenvalue weighted by Gasteiger charge is 2.25. The summed E-state index contributed by atoms with van der Waals surface area (Å²) in [6.45, 7) is 0. The molecule has 3 aromatic heterocycles. The highest BCUT2D eigenvalue weighted by atomic mass is 35.5. The van der Waals surface area contributed by atoms with E-state index in [-0.39, 0.29) is 15.9 Å². The largest absolute Gasteiger partial charge is 0.361 e. The number of hydrogen-bond donors (Lipinski definition) is 1. The average Bonchev–Trinajstić information content (AvgIpc) is 3.11. The van der Waals surface area contributed by atoms with E-state index in [9.17, 15) is 8.42 Å². The Morgan fingerprint density at radius 1 is 1.32 bits per heavy atom. The van der Waals surface area contributed by atoms with Crippen molar-refractivity contribution >= 4 is 48.6 Å². The van der Waals surface area contributed by atoms with E-state index in [1.54, 1.807) is 17.6 Å². The molecule has 0 bridgehead atoms. The van der Waals surface area contributed by atoms with Gasteiger partial charge in [-0.25, -0.2) is 13.4 Å². The summed E-state index contributed by atoms with van der Waals surface area (Å²) in [6.07, 6.45) is 3.49. The van der Waals surface area contributed by atoms with Crippen molar-refractivity contribution < 1.29 is 8.42 Å². The third kappa shape index (κ3) is 2.13. The Morgan fingerprint density at radius 3 is 3.05 bits per heavy atom. The van der Waals surface area contributed by atoms with Gasteiger partial charge in [0.15, 0.2) is 15.1 Å². The van der Waals surface area contributed by atoms with Crippen molar-refractivity contribution in [2.24, 2.45) is 0 Å². The molecule has 8 heteroatoms. The Hall–Kier alpha value is -1.83. The molecular formula is C14H10ClN3O2S2. The summed E-state index contributed by atoms with van der Waals surface area (Å²) in [7, 11) is -3.58. The van der Waals surface area contributed by atoms with E-state index in [0.29, 0.717) is 10.5 Å². The Balaban J connectivity index is 1.80. The Bertz CT molecular complexity index is 1090. The Labute approximate surface area is 135 Å². The average molecular weight is 352 g/mol. The van der Waals surface area contributed by atoms with Crippen molar-refractivity contribution in [2.45, 2.75) is 10.8 Å². The molecule has 0 atom stereocenters. The van der Waals surface area contributed by atoms with Crippen molar-refractivity contribution in [3.8, 4) is 0 Å². The zero-order valence-corrected chi connectivity index (χ0v) is 13.5. The zero-order chi connectivity index (χ0) is 15.3. The number of aromatic nitrogens is 3. The molecule has 0 aliphatic heterocycles. The third-order valence-corrected chi connectivity index (χ3v) is 6.27. The van der Waals surface area contributed by atoms with Crippen LogP contribution >= 0.6 is 22.9 Å². The maximum absolute atomic E-state index is 12.7. The highest BCUT2D eigenvalue weighted by molar-refractivity contribution is 7.90. The summed E-state index contributed by atoms with van der Waals surface area (Å²) in [6, 6.07) is 7.45. The van der Waals surface area contributed by atoms with Gasteiger partial charge in [-0.15, -0.1) is 11.3 Å². The fraction of sp³-hybridized carbons (Fsp3) is 0.0714. The summed E-state index contributed by atoms with van der Waals surface area (Å²) >= 11 is 7.37. The summed E-state index contributed by atoms with van der Waals surface area (Å²) in [5.41, 5.74) is 1.69. The molecule has 0 spiro atoms. The molecule has 0 amide bonds. The van der Waals surface area contributed by atoms with Crippen LogP contribution in [0.2, 0.25) is 5.15 Å². The normalized spacial score (nSPS) is 12.4. The van der Waals surface area contributed by atoms with Crippen LogP contribution in [0.1, 0.15) is 5.56 Å². The van der Waals surface area contributed by atoms with E-state index < -0.39 is 9.84 Å². The SMILES string of the molecule is O=S(=O)(Cc1ccc2[nH]ccc2c1)c1c(Cl)nc2sccn12. The van der Waals surface area contributed by atoms with Crippen molar-refractivity contribution in [2.75, 3.05) is 0 Å². The number of benzene rings is 1. The number of hydrogen-bond acceptors (Lipinski definition) is 4. The molecule has 4 aromatic rings. The second kappa shape index (κ2) is 4.84. The molecule has 0 unspecified atom stereocenters. The first-order chi connectivity index (χ1) is 10.5. The fourth-order valence-electron chi connectivity index (χ4n) is 2.50. The van der Waals surface area contributed by atoms with E-state index in [1.165, 1.54) is 15.7 Å². The summed E-state index contributed by atoms with van der Waals surface area (Å²) < 4.78 is 27.0. The minimum Gasteiger partial charge on any atom is -0.361 e. The second-order valence-electron chi connectivity index (χ2n) is 4.92. The molecule has 0 saturated heterocycles. The van der Waals surface area contributed by atoms with Gasteiger partial charge in [-0.1, -0.05) is 17.7 Å². The number of thiazole rings is 1. The predicted molar refractivity (Wildman–Crippen MR) is 87.3 cm³/mol.